The van der Waals surface area contributed by atoms with E-state index in [9.17, 15) is 4.39 Å². The summed E-state index contributed by atoms with van der Waals surface area (Å²) in [5.74, 6) is 0. The van der Waals surface area contributed by atoms with Gasteiger partial charge in [-0.2, -0.15) is 0 Å². The van der Waals surface area contributed by atoms with Crippen molar-refractivity contribution in [1.29, 1.82) is 0 Å². The number of alkyl halides is 2. The topological polar surface area (TPSA) is 28.7 Å². The highest BCUT2D eigenvalue weighted by molar-refractivity contribution is 6.85. The van der Waals surface area contributed by atoms with Crippen LogP contribution < -0.4 is 10.9 Å². The number of imidazole rings is 1. The molecule has 2 aromatic carbocycles. The first kappa shape index (κ1) is 20.0. The van der Waals surface area contributed by atoms with Crippen molar-refractivity contribution in [2.45, 2.75) is 24.8 Å². The normalized spacial score (nSPS) is 12.9. The number of aromatic amines is 1. The highest BCUT2D eigenvalue weighted by Gasteiger charge is 2.17. The van der Waals surface area contributed by atoms with Crippen molar-refractivity contribution in [3.05, 3.63) is 91.5 Å². The summed E-state index contributed by atoms with van der Waals surface area (Å²) >= 11 is 5.93. The molecule has 5 heteroatoms. The predicted octanol–water partition coefficient (Wildman–Crippen LogP) is 4.23. The molecule has 3 rings (SSSR count). The molecule has 1 aromatic heterocycles. The van der Waals surface area contributed by atoms with Gasteiger partial charge in [0.2, 0.25) is 6.71 Å². The summed E-state index contributed by atoms with van der Waals surface area (Å²) in [4.78, 5) is 6.42. The zero-order chi connectivity index (χ0) is 18.6. The molecule has 3 aromatic rings. The summed E-state index contributed by atoms with van der Waals surface area (Å²) in [6.07, 6.45) is 8.60. The largest absolute Gasteiger partial charge is 0.351 e. The molecule has 0 saturated carbocycles. The molecule has 2 atom stereocenters. The van der Waals surface area contributed by atoms with Crippen molar-refractivity contribution in [2.24, 2.45) is 0 Å². The third-order valence-corrected chi connectivity index (χ3v) is 4.43. The minimum absolute atomic E-state index is 0.266. The maximum atomic E-state index is 13.1. The van der Waals surface area contributed by atoms with Gasteiger partial charge in [-0.3, -0.25) is 0 Å². The molecule has 1 N–H and O–H groups in total. The SMILES string of the molecule is CC(F)C(Cl)C=CCB(c1ccccc1)c1ccccc1.c1c[nH]cn1. The molecule has 0 aliphatic heterocycles. The van der Waals surface area contributed by atoms with E-state index in [1.54, 1.807) is 24.8 Å². The van der Waals surface area contributed by atoms with Crippen LogP contribution in [0.2, 0.25) is 6.32 Å². The van der Waals surface area contributed by atoms with Gasteiger partial charge in [-0.15, -0.1) is 11.6 Å². The molecular weight excluding hydrogens is 346 g/mol. The van der Waals surface area contributed by atoms with Gasteiger partial charge in [-0.25, -0.2) is 9.37 Å². The minimum atomic E-state index is -1.03. The van der Waals surface area contributed by atoms with E-state index in [-0.39, 0.29) is 6.71 Å². The van der Waals surface area contributed by atoms with E-state index in [4.69, 9.17) is 11.6 Å². The van der Waals surface area contributed by atoms with Crippen LogP contribution in [0.4, 0.5) is 4.39 Å². The number of H-pyrrole nitrogens is 1. The van der Waals surface area contributed by atoms with E-state index < -0.39 is 11.5 Å². The molecule has 1 heterocycles. The van der Waals surface area contributed by atoms with Crippen LogP contribution in [0.25, 0.3) is 0 Å². The fraction of sp³-hybridized carbons (Fsp3) is 0.190. The Labute approximate surface area is 160 Å². The second kappa shape index (κ2) is 11.3. The van der Waals surface area contributed by atoms with Crippen molar-refractivity contribution in [1.82, 2.24) is 9.97 Å². The van der Waals surface area contributed by atoms with Crippen LogP contribution >= 0.6 is 11.6 Å². The third kappa shape index (κ3) is 6.89. The molecule has 0 radical (unpaired) electrons. The molecular formula is C21H23BClFN2. The quantitative estimate of drug-likeness (QED) is 0.394. The molecule has 0 amide bonds. The van der Waals surface area contributed by atoms with Crippen LogP contribution in [-0.4, -0.2) is 28.2 Å². The molecule has 0 aliphatic carbocycles. The Morgan fingerprint density at radius 2 is 1.65 bits per heavy atom. The summed E-state index contributed by atoms with van der Waals surface area (Å²) in [6.45, 7) is 1.75. The number of hydrogen-bond acceptors (Lipinski definition) is 1. The molecule has 0 saturated heterocycles. The van der Waals surface area contributed by atoms with Crippen molar-refractivity contribution in [3.8, 4) is 0 Å². The van der Waals surface area contributed by atoms with Gasteiger partial charge in [0, 0.05) is 12.4 Å². The smallest absolute Gasteiger partial charge is 0.213 e. The molecule has 2 unspecified atom stereocenters. The molecule has 134 valence electrons. The van der Waals surface area contributed by atoms with Gasteiger partial charge in [-0.1, -0.05) is 83.7 Å². The number of hydrogen-bond donors (Lipinski definition) is 1. The lowest BCUT2D eigenvalue weighted by atomic mass is 9.39. The molecule has 0 spiro atoms. The summed E-state index contributed by atoms with van der Waals surface area (Å²) in [5, 5.41) is -0.558. The number of allylic oxidation sites excluding steroid dienone is 2. The monoisotopic (exact) mass is 368 g/mol. The molecule has 0 fully saturated rings. The Hall–Kier alpha value is -2.33. The Kier molecular flexibility index (Phi) is 8.71. The second-order valence-corrected chi connectivity index (χ2v) is 6.42. The average molecular weight is 369 g/mol. The molecule has 0 aliphatic rings. The first-order valence-electron chi connectivity index (χ1n) is 8.66. The zero-order valence-corrected chi connectivity index (χ0v) is 15.6. The minimum Gasteiger partial charge on any atom is -0.351 e. The van der Waals surface area contributed by atoms with Gasteiger partial charge < -0.3 is 4.98 Å². The zero-order valence-electron chi connectivity index (χ0n) is 14.8. The molecule has 0 bridgehead atoms. The number of halogens is 2. The fourth-order valence-electron chi connectivity index (χ4n) is 2.55. The van der Waals surface area contributed by atoms with Crippen LogP contribution in [0.15, 0.2) is 91.5 Å². The fourth-order valence-corrected chi connectivity index (χ4v) is 2.65. The van der Waals surface area contributed by atoms with Crippen molar-refractivity contribution >= 4 is 29.2 Å². The summed E-state index contributed by atoms with van der Waals surface area (Å²) in [7, 11) is 0. The van der Waals surface area contributed by atoms with E-state index in [0.29, 0.717) is 0 Å². The van der Waals surface area contributed by atoms with Crippen LogP contribution in [0, 0.1) is 0 Å². The van der Waals surface area contributed by atoms with Crippen LogP contribution in [0.3, 0.4) is 0 Å². The summed E-state index contributed by atoms with van der Waals surface area (Å²) < 4.78 is 13.1. The Balaban J connectivity index is 0.000000417. The number of benzene rings is 2. The lowest BCUT2D eigenvalue weighted by Crippen LogP contribution is -2.41. The first-order valence-corrected chi connectivity index (χ1v) is 9.09. The summed E-state index contributed by atoms with van der Waals surface area (Å²) in [6, 6.07) is 20.7. The highest BCUT2D eigenvalue weighted by Crippen LogP contribution is 2.09. The maximum absolute atomic E-state index is 13.1. The van der Waals surface area contributed by atoms with Crippen molar-refractivity contribution in [2.75, 3.05) is 0 Å². The molecule has 2 nitrogen and oxygen atoms in total. The van der Waals surface area contributed by atoms with E-state index in [1.807, 2.05) is 42.5 Å². The lowest BCUT2D eigenvalue weighted by molar-refractivity contribution is 0.369. The van der Waals surface area contributed by atoms with Gasteiger partial charge in [0.05, 0.1) is 11.7 Å². The highest BCUT2D eigenvalue weighted by atomic mass is 35.5. The number of rotatable bonds is 6. The second-order valence-electron chi connectivity index (χ2n) is 5.92. The number of aromatic nitrogens is 2. The molecule has 26 heavy (non-hydrogen) atoms. The maximum Gasteiger partial charge on any atom is 0.213 e. The van der Waals surface area contributed by atoms with Crippen LogP contribution in [-0.2, 0) is 0 Å². The number of nitrogens with zero attached hydrogens (tertiary/aromatic N) is 1. The third-order valence-electron chi connectivity index (χ3n) is 3.94. The average Bonchev–Trinajstić information content (AvgIpc) is 3.26. The number of nitrogens with one attached hydrogen (secondary N) is 1. The Morgan fingerprint density at radius 1 is 1.08 bits per heavy atom. The predicted molar refractivity (Wildman–Crippen MR) is 111 cm³/mol. The summed E-state index contributed by atoms with van der Waals surface area (Å²) in [5.41, 5.74) is 2.51. The van der Waals surface area contributed by atoms with Gasteiger partial charge in [-0.05, 0) is 13.2 Å². The standard InChI is InChI=1S/C18H19BClF.C3H4N2/c1-15(21)18(20)13-8-14-19(16-9-4-2-5-10-16)17-11-6-3-7-12-17;1-2-5-3-4-1/h2-13,15,18H,14H2,1H3;1-3H,(H,4,5). The van der Waals surface area contributed by atoms with E-state index in [0.717, 1.165) is 6.32 Å². The van der Waals surface area contributed by atoms with Gasteiger partial charge in [0.15, 0.2) is 0 Å². The van der Waals surface area contributed by atoms with Crippen molar-refractivity contribution in [3.63, 3.8) is 0 Å². The lowest BCUT2D eigenvalue weighted by Gasteiger charge is -2.13. The van der Waals surface area contributed by atoms with Crippen molar-refractivity contribution < 1.29 is 4.39 Å². The Morgan fingerprint density at radius 3 is 2.04 bits per heavy atom. The van der Waals surface area contributed by atoms with Gasteiger partial charge in [0.1, 0.15) is 6.17 Å². The first-order chi connectivity index (χ1) is 12.7. The Bertz CT molecular complexity index is 677. The van der Waals surface area contributed by atoms with E-state index in [2.05, 4.69) is 34.2 Å². The van der Waals surface area contributed by atoms with Gasteiger partial charge >= 0.3 is 0 Å². The van der Waals surface area contributed by atoms with E-state index >= 15 is 0 Å². The van der Waals surface area contributed by atoms with Crippen LogP contribution in [0.5, 0.6) is 0 Å². The van der Waals surface area contributed by atoms with Gasteiger partial charge in [0.25, 0.3) is 0 Å². The van der Waals surface area contributed by atoms with Crippen LogP contribution in [0.1, 0.15) is 6.92 Å². The van der Waals surface area contributed by atoms with E-state index in [1.165, 1.54) is 17.8 Å².